The number of amides is 2. The Hall–Kier alpha value is -2.86. The van der Waals surface area contributed by atoms with E-state index in [0.717, 1.165) is 22.5 Å². The number of fused-ring (bicyclic) bond motifs is 1. The summed E-state index contributed by atoms with van der Waals surface area (Å²) in [7, 11) is 0. The molecular weight excluding hydrogens is 348 g/mol. The van der Waals surface area contributed by atoms with E-state index in [2.05, 4.69) is 5.32 Å². The molecule has 3 aromatic rings. The molecule has 0 radical (unpaired) electrons. The number of furan rings is 1. The van der Waals surface area contributed by atoms with Crippen LogP contribution in [-0.2, 0) is 24.2 Å². The number of benzene rings is 1. The Labute approximate surface area is 155 Å². The molecule has 5 nitrogen and oxygen atoms in total. The van der Waals surface area contributed by atoms with E-state index in [4.69, 9.17) is 4.42 Å². The molecule has 0 aliphatic carbocycles. The van der Waals surface area contributed by atoms with Gasteiger partial charge in [0.15, 0.2) is 5.76 Å². The van der Waals surface area contributed by atoms with Crippen LogP contribution in [0.4, 0.5) is 5.69 Å². The van der Waals surface area contributed by atoms with Crippen LogP contribution in [0.1, 0.15) is 26.6 Å². The lowest BCUT2D eigenvalue weighted by molar-refractivity contribution is -0.115. The van der Waals surface area contributed by atoms with Crippen LogP contribution in [0.5, 0.6) is 0 Å². The van der Waals surface area contributed by atoms with Crippen molar-refractivity contribution >= 4 is 28.8 Å². The van der Waals surface area contributed by atoms with Gasteiger partial charge in [0.2, 0.25) is 5.91 Å². The smallest absolute Gasteiger partial charge is 0.289 e. The molecule has 3 heterocycles. The first kappa shape index (κ1) is 16.6. The number of hydrogen-bond donors (Lipinski definition) is 1. The predicted octanol–water partition coefficient (Wildman–Crippen LogP) is 3.72. The number of nitrogens with zero attached hydrogens (tertiary/aromatic N) is 1. The van der Waals surface area contributed by atoms with Gasteiger partial charge in [-0.1, -0.05) is 12.1 Å². The zero-order valence-corrected chi connectivity index (χ0v) is 14.9. The molecule has 4 rings (SSSR count). The first-order valence-corrected chi connectivity index (χ1v) is 9.34. The second-order valence-electron chi connectivity index (χ2n) is 6.24. The van der Waals surface area contributed by atoms with Crippen molar-refractivity contribution in [3.8, 4) is 0 Å². The predicted molar refractivity (Wildman–Crippen MR) is 100 cm³/mol. The topological polar surface area (TPSA) is 62.6 Å². The minimum Gasteiger partial charge on any atom is -0.459 e. The third kappa shape index (κ3) is 3.55. The number of rotatable bonds is 4. The maximum Gasteiger partial charge on any atom is 0.289 e. The normalized spacial score (nSPS) is 13.3. The lowest BCUT2D eigenvalue weighted by Crippen LogP contribution is -2.35. The quantitative estimate of drug-likeness (QED) is 0.765. The maximum atomic E-state index is 12.5. The van der Waals surface area contributed by atoms with Crippen LogP contribution in [-0.4, -0.2) is 23.3 Å². The molecule has 26 heavy (non-hydrogen) atoms. The van der Waals surface area contributed by atoms with Crippen molar-refractivity contribution < 1.29 is 14.0 Å². The molecular formula is C20H18N2O3S. The van der Waals surface area contributed by atoms with Gasteiger partial charge in [-0.25, -0.2) is 0 Å². The van der Waals surface area contributed by atoms with Crippen molar-refractivity contribution in [2.75, 3.05) is 11.9 Å². The fraction of sp³-hybridized carbons (Fsp3) is 0.200. The number of carbonyl (C=O) groups excluding carboxylic acids is 2. The highest BCUT2D eigenvalue weighted by molar-refractivity contribution is 7.10. The summed E-state index contributed by atoms with van der Waals surface area (Å²) >= 11 is 1.57. The second kappa shape index (κ2) is 7.17. The lowest BCUT2D eigenvalue weighted by Gasteiger charge is -2.28. The van der Waals surface area contributed by atoms with Gasteiger partial charge in [-0.3, -0.25) is 9.59 Å². The Balaban J connectivity index is 1.45. The van der Waals surface area contributed by atoms with Gasteiger partial charge in [-0.2, -0.15) is 0 Å². The number of hydrogen-bond acceptors (Lipinski definition) is 4. The molecule has 1 aliphatic rings. The van der Waals surface area contributed by atoms with Gasteiger partial charge in [0, 0.05) is 23.7 Å². The average Bonchev–Trinajstić information content (AvgIpc) is 3.34. The van der Waals surface area contributed by atoms with Crippen LogP contribution in [0.25, 0.3) is 0 Å². The van der Waals surface area contributed by atoms with E-state index in [9.17, 15) is 9.59 Å². The van der Waals surface area contributed by atoms with E-state index in [1.807, 2.05) is 35.7 Å². The molecule has 1 aliphatic heterocycles. The third-order valence-electron chi connectivity index (χ3n) is 4.44. The van der Waals surface area contributed by atoms with Crippen molar-refractivity contribution in [3.63, 3.8) is 0 Å². The number of carbonyl (C=O) groups is 2. The molecule has 0 fully saturated rings. The molecule has 0 atom stereocenters. The van der Waals surface area contributed by atoms with Crippen LogP contribution < -0.4 is 5.32 Å². The van der Waals surface area contributed by atoms with Crippen molar-refractivity contribution in [3.05, 3.63) is 75.9 Å². The van der Waals surface area contributed by atoms with E-state index in [1.165, 1.54) is 11.8 Å². The summed E-state index contributed by atoms with van der Waals surface area (Å²) in [6.45, 7) is 1.18. The minimum atomic E-state index is -0.104. The highest BCUT2D eigenvalue weighted by atomic mass is 32.1. The second-order valence-corrected chi connectivity index (χ2v) is 7.27. The summed E-state index contributed by atoms with van der Waals surface area (Å²) in [4.78, 5) is 27.5. The summed E-state index contributed by atoms with van der Waals surface area (Å²) in [5, 5.41) is 4.91. The zero-order chi connectivity index (χ0) is 17.9. The van der Waals surface area contributed by atoms with Crippen LogP contribution >= 0.6 is 11.3 Å². The molecule has 0 bridgehead atoms. The summed E-state index contributed by atoms with van der Waals surface area (Å²) < 4.78 is 5.22. The molecule has 0 saturated carbocycles. The molecule has 2 amide bonds. The molecule has 0 spiro atoms. The summed E-state index contributed by atoms with van der Waals surface area (Å²) in [5.74, 6) is 0.216. The molecule has 6 heteroatoms. The fourth-order valence-electron chi connectivity index (χ4n) is 3.14. The van der Waals surface area contributed by atoms with Gasteiger partial charge in [0.25, 0.3) is 5.91 Å². The Morgan fingerprint density at radius 2 is 2.08 bits per heavy atom. The average molecular weight is 366 g/mol. The first-order valence-electron chi connectivity index (χ1n) is 8.46. The highest BCUT2D eigenvalue weighted by Crippen LogP contribution is 2.24. The first-order chi connectivity index (χ1) is 12.7. The van der Waals surface area contributed by atoms with Crippen LogP contribution in [0.2, 0.25) is 0 Å². The number of thiophene rings is 1. The maximum absolute atomic E-state index is 12.5. The van der Waals surface area contributed by atoms with Crippen LogP contribution in [0.3, 0.4) is 0 Å². The Morgan fingerprint density at radius 3 is 2.85 bits per heavy atom. The van der Waals surface area contributed by atoms with Gasteiger partial charge in [0.1, 0.15) is 0 Å². The van der Waals surface area contributed by atoms with E-state index < -0.39 is 0 Å². The van der Waals surface area contributed by atoms with Gasteiger partial charge < -0.3 is 14.6 Å². The number of anilines is 1. The van der Waals surface area contributed by atoms with E-state index in [-0.39, 0.29) is 11.8 Å². The molecule has 2 aromatic heterocycles. The van der Waals surface area contributed by atoms with Crippen molar-refractivity contribution in [2.24, 2.45) is 0 Å². The fourth-order valence-corrected chi connectivity index (χ4v) is 3.84. The van der Waals surface area contributed by atoms with Crippen LogP contribution in [0.15, 0.2) is 58.5 Å². The molecule has 1 N–H and O–H groups in total. The zero-order valence-electron chi connectivity index (χ0n) is 14.1. The minimum absolute atomic E-state index is 0.0354. The Kier molecular flexibility index (Phi) is 4.58. The highest BCUT2D eigenvalue weighted by Gasteiger charge is 2.23. The Morgan fingerprint density at radius 1 is 1.15 bits per heavy atom. The van der Waals surface area contributed by atoms with Crippen molar-refractivity contribution in [2.45, 2.75) is 19.4 Å². The molecule has 0 saturated heterocycles. The van der Waals surface area contributed by atoms with Gasteiger partial charge in [-0.15, -0.1) is 11.3 Å². The largest absolute Gasteiger partial charge is 0.459 e. The molecule has 0 unspecified atom stereocenters. The van der Waals surface area contributed by atoms with Gasteiger partial charge in [-0.05, 0) is 53.3 Å². The summed E-state index contributed by atoms with van der Waals surface area (Å²) in [6, 6.07) is 13.2. The van der Waals surface area contributed by atoms with Gasteiger partial charge in [0.05, 0.1) is 12.7 Å². The van der Waals surface area contributed by atoms with E-state index >= 15 is 0 Å². The Bertz CT molecular complexity index is 917. The number of nitrogens with one attached hydrogen (secondary N) is 1. The molecule has 132 valence electrons. The van der Waals surface area contributed by atoms with E-state index in [1.54, 1.807) is 28.4 Å². The lowest BCUT2D eigenvalue weighted by atomic mass is 9.98. The SMILES string of the molecule is O=C(Cc1cccs1)Nc1ccc2c(c1)CN(C(=O)c1ccco1)CC2. The standard InChI is InChI=1S/C20H18N2O3S/c23-19(12-17-3-2-10-26-17)21-16-6-5-14-7-8-22(13-15(14)11-16)20(24)18-4-1-9-25-18/h1-6,9-11H,7-8,12-13H2,(H,21,23). The van der Waals surface area contributed by atoms with E-state index in [0.29, 0.717) is 25.3 Å². The third-order valence-corrected chi connectivity index (χ3v) is 5.31. The van der Waals surface area contributed by atoms with Crippen molar-refractivity contribution in [1.82, 2.24) is 4.90 Å². The van der Waals surface area contributed by atoms with Crippen molar-refractivity contribution in [1.29, 1.82) is 0 Å². The molecule has 1 aromatic carbocycles. The summed E-state index contributed by atoms with van der Waals surface area (Å²) in [5.41, 5.74) is 3.03. The summed E-state index contributed by atoms with van der Waals surface area (Å²) in [6.07, 6.45) is 2.68. The van der Waals surface area contributed by atoms with Crippen LogP contribution in [0, 0.1) is 0 Å². The van der Waals surface area contributed by atoms with Gasteiger partial charge >= 0.3 is 0 Å². The monoisotopic (exact) mass is 366 g/mol.